The van der Waals surface area contributed by atoms with Crippen molar-refractivity contribution < 1.29 is 14.3 Å². The summed E-state index contributed by atoms with van der Waals surface area (Å²) in [6.07, 6.45) is 2.21. The van der Waals surface area contributed by atoms with Crippen molar-refractivity contribution in [3.05, 3.63) is 63.3 Å². The number of fused-ring (bicyclic) bond motifs is 4. The summed E-state index contributed by atoms with van der Waals surface area (Å²) >= 11 is 3.55. The number of nitrogens with zero attached hydrogens (tertiary/aromatic N) is 1. The van der Waals surface area contributed by atoms with Gasteiger partial charge in [-0.05, 0) is 67.7 Å². The fourth-order valence-electron chi connectivity index (χ4n) is 6.34. The van der Waals surface area contributed by atoms with E-state index in [2.05, 4.69) is 46.1 Å². The van der Waals surface area contributed by atoms with E-state index >= 15 is 0 Å². The molecule has 1 unspecified atom stereocenters. The van der Waals surface area contributed by atoms with Crippen LogP contribution in [0.5, 0.6) is 5.75 Å². The van der Waals surface area contributed by atoms with Gasteiger partial charge in [0.05, 0.1) is 5.56 Å². The number of nitrogens with one attached hydrogen (secondary N) is 2. The molecule has 1 atom stereocenters. The average Bonchev–Trinajstić information content (AvgIpc) is 3.21. The second-order valence-electron chi connectivity index (χ2n) is 11.1. The number of aromatic nitrogens is 1. The second-order valence-corrected chi connectivity index (χ2v) is 12.0. The van der Waals surface area contributed by atoms with Crippen LogP contribution in [-0.2, 0) is 10.2 Å². The van der Waals surface area contributed by atoms with E-state index in [1.807, 2.05) is 35.2 Å². The molecule has 188 valence electrons. The Bertz CT molecular complexity index is 1370. The van der Waals surface area contributed by atoms with Crippen LogP contribution in [0.1, 0.15) is 60.8 Å². The molecule has 1 amide bonds. The van der Waals surface area contributed by atoms with Gasteiger partial charge in [-0.2, -0.15) is 0 Å². The first-order chi connectivity index (χ1) is 17.2. The summed E-state index contributed by atoms with van der Waals surface area (Å²) in [5, 5.41) is 4.41. The highest BCUT2D eigenvalue weighted by molar-refractivity contribution is 9.10. The van der Waals surface area contributed by atoms with Crippen LogP contribution in [0, 0.1) is 11.8 Å². The highest BCUT2D eigenvalue weighted by Gasteiger charge is 2.42. The molecule has 0 radical (unpaired) electrons. The van der Waals surface area contributed by atoms with Crippen LogP contribution in [0.15, 0.2) is 40.9 Å². The Morgan fingerprint density at radius 3 is 2.58 bits per heavy atom. The minimum Gasteiger partial charge on any atom is -0.490 e. The smallest absolute Gasteiger partial charge is 0.219 e. The topological polar surface area (TPSA) is 74.4 Å². The lowest BCUT2D eigenvalue weighted by Crippen LogP contribution is -2.57. The van der Waals surface area contributed by atoms with E-state index in [4.69, 9.17) is 4.74 Å². The van der Waals surface area contributed by atoms with Crippen molar-refractivity contribution in [3.63, 3.8) is 0 Å². The SMILES string of the molecule is CC(=O)N1CC(C(Oc2ccc3c(c2)C(C)(C)c2[nH]c4cc(Br)ccc4c2C3=O)C2CCNCC2)C1. The summed E-state index contributed by atoms with van der Waals surface area (Å²) in [4.78, 5) is 30.9. The van der Waals surface area contributed by atoms with Gasteiger partial charge in [0.25, 0.3) is 0 Å². The van der Waals surface area contributed by atoms with E-state index in [1.54, 1.807) is 6.92 Å². The lowest BCUT2D eigenvalue weighted by Gasteiger charge is -2.46. The number of piperidine rings is 1. The average molecular weight is 550 g/mol. The van der Waals surface area contributed by atoms with Crippen molar-refractivity contribution in [1.82, 2.24) is 15.2 Å². The lowest BCUT2D eigenvalue weighted by molar-refractivity contribution is -0.138. The largest absolute Gasteiger partial charge is 0.490 e. The van der Waals surface area contributed by atoms with E-state index in [0.717, 1.165) is 82.5 Å². The van der Waals surface area contributed by atoms with Gasteiger partial charge in [-0.15, -0.1) is 0 Å². The minimum absolute atomic E-state index is 0.0594. The van der Waals surface area contributed by atoms with Crippen LogP contribution in [0.3, 0.4) is 0 Å². The van der Waals surface area contributed by atoms with Crippen molar-refractivity contribution in [2.45, 2.75) is 45.1 Å². The molecule has 1 aromatic heterocycles. The van der Waals surface area contributed by atoms with Crippen molar-refractivity contribution in [2.24, 2.45) is 11.8 Å². The zero-order valence-corrected chi connectivity index (χ0v) is 22.6. The van der Waals surface area contributed by atoms with Gasteiger partial charge in [0.1, 0.15) is 11.9 Å². The number of ketones is 1. The summed E-state index contributed by atoms with van der Waals surface area (Å²) in [5.41, 5.74) is 4.05. The number of ether oxygens (including phenoxy) is 1. The van der Waals surface area contributed by atoms with Crippen LogP contribution >= 0.6 is 15.9 Å². The van der Waals surface area contributed by atoms with Crippen LogP contribution < -0.4 is 10.1 Å². The van der Waals surface area contributed by atoms with Crippen molar-refractivity contribution in [1.29, 1.82) is 0 Å². The molecular weight excluding hydrogens is 518 g/mol. The molecule has 2 aliphatic heterocycles. The van der Waals surface area contributed by atoms with E-state index in [-0.39, 0.29) is 23.2 Å². The number of amides is 1. The number of benzene rings is 2. The third-order valence-corrected chi connectivity index (χ3v) is 8.96. The summed E-state index contributed by atoms with van der Waals surface area (Å²) in [6.45, 7) is 9.49. The van der Waals surface area contributed by atoms with Crippen molar-refractivity contribution >= 4 is 38.5 Å². The maximum Gasteiger partial charge on any atom is 0.219 e. The Balaban J connectivity index is 1.35. The number of halogens is 1. The molecule has 0 spiro atoms. The normalized spacial score (nSPS) is 20.6. The number of H-pyrrole nitrogens is 1. The van der Waals surface area contributed by atoms with Gasteiger partial charge in [0.2, 0.25) is 5.91 Å². The predicted molar refractivity (Wildman–Crippen MR) is 144 cm³/mol. The summed E-state index contributed by atoms with van der Waals surface area (Å²) < 4.78 is 7.73. The van der Waals surface area contributed by atoms with Crippen LogP contribution in [0.25, 0.3) is 10.9 Å². The zero-order chi connectivity index (χ0) is 25.2. The maximum atomic E-state index is 13.7. The highest BCUT2D eigenvalue weighted by atomic mass is 79.9. The first-order valence-electron chi connectivity index (χ1n) is 12.9. The fraction of sp³-hybridized carbons (Fsp3) is 0.448. The summed E-state index contributed by atoms with van der Waals surface area (Å²) in [5.74, 6) is 1.79. The molecule has 0 saturated carbocycles. The van der Waals surface area contributed by atoms with Gasteiger partial charge in [0, 0.05) is 58.0 Å². The monoisotopic (exact) mass is 549 g/mol. The molecule has 2 saturated heterocycles. The second kappa shape index (κ2) is 8.73. The number of likely N-dealkylation sites (tertiary alicyclic amines) is 1. The number of aromatic amines is 1. The van der Waals surface area contributed by atoms with Crippen molar-refractivity contribution in [2.75, 3.05) is 26.2 Å². The van der Waals surface area contributed by atoms with E-state index in [1.165, 1.54) is 0 Å². The third-order valence-electron chi connectivity index (χ3n) is 8.46. The van der Waals surface area contributed by atoms with Gasteiger partial charge in [0.15, 0.2) is 5.78 Å². The zero-order valence-electron chi connectivity index (χ0n) is 21.0. The quantitative estimate of drug-likeness (QED) is 0.478. The number of carbonyl (C=O) groups excluding carboxylic acids is 2. The van der Waals surface area contributed by atoms with Crippen LogP contribution in [0.4, 0.5) is 0 Å². The van der Waals surface area contributed by atoms with Crippen LogP contribution in [0.2, 0.25) is 0 Å². The van der Waals surface area contributed by atoms with Gasteiger partial charge in [-0.1, -0.05) is 35.8 Å². The van der Waals surface area contributed by atoms with Crippen LogP contribution in [-0.4, -0.2) is 53.9 Å². The molecule has 6 rings (SSSR count). The third kappa shape index (κ3) is 3.79. The molecule has 7 heteroatoms. The molecule has 2 N–H and O–H groups in total. The van der Waals surface area contributed by atoms with E-state index in [0.29, 0.717) is 11.8 Å². The van der Waals surface area contributed by atoms with E-state index in [9.17, 15) is 9.59 Å². The Labute approximate surface area is 219 Å². The number of rotatable bonds is 4. The first kappa shape index (κ1) is 23.7. The number of hydrogen-bond donors (Lipinski definition) is 2. The lowest BCUT2D eigenvalue weighted by atomic mass is 9.71. The standard InChI is InChI=1S/C29H32BrN3O3/c1-16(34)33-14-18(15-33)27(17-8-10-31-11-9-17)36-20-5-7-21-23(13-20)29(2,3)28-25(26(21)35)22-6-4-19(30)12-24(22)32-28/h4-7,12-13,17-18,27,31-32H,8-11,14-15H2,1-3H3. The van der Waals surface area contributed by atoms with Gasteiger partial charge < -0.3 is 19.9 Å². The highest BCUT2D eigenvalue weighted by Crippen LogP contribution is 2.45. The fourth-order valence-corrected chi connectivity index (χ4v) is 6.70. The maximum absolute atomic E-state index is 13.7. The summed E-state index contributed by atoms with van der Waals surface area (Å²) in [7, 11) is 0. The molecule has 3 heterocycles. The minimum atomic E-state index is -0.379. The Morgan fingerprint density at radius 2 is 1.86 bits per heavy atom. The molecule has 0 bridgehead atoms. The molecule has 36 heavy (non-hydrogen) atoms. The first-order valence-corrected chi connectivity index (χ1v) is 13.7. The predicted octanol–water partition coefficient (Wildman–Crippen LogP) is 5.03. The molecule has 2 fully saturated rings. The molecule has 3 aromatic rings. The molecule has 1 aliphatic carbocycles. The van der Waals surface area contributed by atoms with Gasteiger partial charge >= 0.3 is 0 Å². The molecule has 6 nitrogen and oxygen atoms in total. The Kier molecular flexibility index (Phi) is 5.76. The Morgan fingerprint density at radius 1 is 1.11 bits per heavy atom. The van der Waals surface area contributed by atoms with E-state index < -0.39 is 0 Å². The summed E-state index contributed by atoms with van der Waals surface area (Å²) in [6, 6.07) is 12.0. The Hall–Kier alpha value is -2.64. The van der Waals surface area contributed by atoms with Crippen molar-refractivity contribution in [3.8, 4) is 5.75 Å². The molecule has 3 aliphatic rings. The number of carbonyl (C=O) groups is 2. The van der Waals surface area contributed by atoms with Gasteiger partial charge in [-0.3, -0.25) is 9.59 Å². The number of hydrogen-bond acceptors (Lipinski definition) is 4. The molecular formula is C29H32BrN3O3. The van der Waals surface area contributed by atoms with Gasteiger partial charge in [-0.25, -0.2) is 0 Å². The molecule has 2 aromatic carbocycles.